The number of H-pyrrole nitrogens is 1. The first kappa shape index (κ1) is 15.9. The van der Waals surface area contributed by atoms with Gasteiger partial charge in [-0.15, -0.1) is 11.3 Å². The van der Waals surface area contributed by atoms with Crippen LogP contribution in [0.5, 0.6) is 5.75 Å². The highest BCUT2D eigenvalue weighted by Gasteiger charge is 2.13. The maximum Gasteiger partial charge on any atom is 0.287 e. The molecule has 2 heterocycles. The minimum atomic E-state index is -0.291. The molecule has 1 aromatic carbocycles. The molecule has 0 radical (unpaired) electrons. The molecule has 0 saturated heterocycles. The smallest absolute Gasteiger partial charge is 0.287 e. The molecule has 3 rings (SSSR count). The Balaban J connectivity index is 1.80. The Kier molecular flexibility index (Phi) is 4.43. The number of amides is 1. The van der Waals surface area contributed by atoms with Crippen molar-refractivity contribution in [3.8, 4) is 16.3 Å². The monoisotopic (exact) mass is 340 g/mol. The van der Waals surface area contributed by atoms with Crippen LogP contribution in [0.2, 0.25) is 0 Å². The lowest BCUT2D eigenvalue weighted by Crippen LogP contribution is -2.19. The number of rotatable bonds is 4. The molecule has 0 saturated carbocycles. The highest BCUT2D eigenvalue weighted by atomic mass is 32.1. The van der Waals surface area contributed by atoms with Crippen LogP contribution in [-0.4, -0.2) is 26.7 Å². The predicted molar refractivity (Wildman–Crippen MR) is 94.4 cm³/mol. The van der Waals surface area contributed by atoms with E-state index < -0.39 is 0 Å². The molecular weight excluding hydrogens is 324 g/mol. The van der Waals surface area contributed by atoms with Crippen LogP contribution in [0.15, 0.2) is 47.7 Å². The van der Waals surface area contributed by atoms with Crippen molar-refractivity contribution in [1.29, 1.82) is 0 Å². The standard InChI is InChI=1S/C17H16N4O2S/c1-10-15(11(2)20-21-16(23)14-4-3-9-18-14)24-17(19-10)12-5-7-13(22)8-6-12/h3-9,18,22H,1-2H3,(H,21,23)/b20-11+. The zero-order chi connectivity index (χ0) is 17.1. The van der Waals surface area contributed by atoms with E-state index >= 15 is 0 Å². The second-order valence-electron chi connectivity index (χ2n) is 5.20. The van der Waals surface area contributed by atoms with Crippen molar-refractivity contribution in [3.05, 3.63) is 58.9 Å². The molecule has 7 heteroatoms. The van der Waals surface area contributed by atoms with Gasteiger partial charge in [0.1, 0.15) is 16.5 Å². The van der Waals surface area contributed by atoms with E-state index in [9.17, 15) is 9.90 Å². The van der Waals surface area contributed by atoms with Gasteiger partial charge in [0, 0.05) is 11.8 Å². The molecule has 0 aliphatic heterocycles. The summed E-state index contributed by atoms with van der Waals surface area (Å²) in [6.45, 7) is 3.73. The van der Waals surface area contributed by atoms with Crippen molar-refractivity contribution in [1.82, 2.24) is 15.4 Å². The number of carbonyl (C=O) groups excluding carboxylic acids is 1. The average molecular weight is 340 g/mol. The molecule has 24 heavy (non-hydrogen) atoms. The van der Waals surface area contributed by atoms with E-state index in [0.717, 1.165) is 21.1 Å². The van der Waals surface area contributed by atoms with Crippen LogP contribution < -0.4 is 5.43 Å². The van der Waals surface area contributed by atoms with Crippen LogP contribution in [0.1, 0.15) is 28.0 Å². The van der Waals surface area contributed by atoms with E-state index in [-0.39, 0.29) is 11.7 Å². The number of hydrogen-bond donors (Lipinski definition) is 3. The van der Waals surface area contributed by atoms with Crippen molar-refractivity contribution in [2.24, 2.45) is 5.10 Å². The molecule has 0 atom stereocenters. The van der Waals surface area contributed by atoms with Gasteiger partial charge >= 0.3 is 0 Å². The van der Waals surface area contributed by atoms with E-state index in [0.29, 0.717) is 11.4 Å². The summed E-state index contributed by atoms with van der Waals surface area (Å²) in [7, 11) is 0. The van der Waals surface area contributed by atoms with Gasteiger partial charge in [-0.2, -0.15) is 5.10 Å². The third kappa shape index (κ3) is 3.36. The fourth-order valence-electron chi connectivity index (χ4n) is 2.18. The summed E-state index contributed by atoms with van der Waals surface area (Å²) in [6, 6.07) is 10.3. The second kappa shape index (κ2) is 6.67. The number of hydrogen-bond acceptors (Lipinski definition) is 5. The van der Waals surface area contributed by atoms with E-state index in [1.807, 2.05) is 26.0 Å². The summed E-state index contributed by atoms with van der Waals surface area (Å²) in [6.07, 6.45) is 1.68. The lowest BCUT2D eigenvalue weighted by molar-refractivity contribution is 0.0950. The first-order valence-electron chi connectivity index (χ1n) is 7.30. The van der Waals surface area contributed by atoms with Crippen LogP contribution in [-0.2, 0) is 0 Å². The van der Waals surface area contributed by atoms with Crippen molar-refractivity contribution in [2.75, 3.05) is 0 Å². The highest BCUT2D eigenvalue weighted by molar-refractivity contribution is 7.17. The van der Waals surface area contributed by atoms with Crippen molar-refractivity contribution in [2.45, 2.75) is 13.8 Å². The number of thiazole rings is 1. The molecule has 3 aromatic rings. The number of nitrogens with one attached hydrogen (secondary N) is 2. The number of phenolic OH excluding ortho intramolecular Hbond substituents is 1. The summed E-state index contributed by atoms with van der Waals surface area (Å²) in [5, 5.41) is 14.4. The fourth-order valence-corrected chi connectivity index (χ4v) is 3.19. The quantitative estimate of drug-likeness (QED) is 0.503. The molecule has 0 aliphatic carbocycles. The predicted octanol–water partition coefficient (Wildman–Crippen LogP) is 3.31. The molecule has 0 unspecified atom stereocenters. The van der Waals surface area contributed by atoms with Gasteiger partial charge in [0.2, 0.25) is 0 Å². The Morgan fingerprint density at radius 2 is 2.04 bits per heavy atom. The Bertz CT molecular complexity index is 880. The van der Waals surface area contributed by atoms with E-state index in [1.165, 1.54) is 11.3 Å². The maximum absolute atomic E-state index is 11.9. The number of aromatic nitrogens is 2. The summed E-state index contributed by atoms with van der Waals surface area (Å²) in [5.41, 5.74) is 5.45. The van der Waals surface area contributed by atoms with Gasteiger partial charge in [-0.05, 0) is 50.2 Å². The number of hydrazone groups is 1. The molecule has 2 aromatic heterocycles. The van der Waals surface area contributed by atoms with Crippen molar-refractivity contribution >= 4 is 23.0 Å². The number of aryl methyl sites for hydroxylation is 1. The van der Waals surface area contributed by atoms with Crippen LogP contribution >= 0.6 is 11.3 Å². The first-order chi connectivity index (χ1) is 11.5. The number of nitrogens with zero attached hydrogens (tertiary/aromatic N) is 2. The number of aromatic amines is 1. The van der Waals surface area contributed by atoms with Gasteiger partial charge in [-0.1, -0.05) is 0 Å². The maximum atomic E-state index is 11.9. The van der Waals surface area contributed by atoms with Crippen LogP contribution in [0, 0.1) is 6.92 Å². The molecule has 3 N–H and O–H groups in total. The third-order valence-corrected chi connectivity index (χ3v) is 4.72. The zero-order valence-electron chi connectivity index (χ0n) is 13.2. The largest absolute Gasteiger partial charge is 0.508 e. The lowest BCUT2D eigenvalue weighted by atomic mass is 10.2. The highest BCUT2D eigenvalue weighted by Crippen LogP contribution is 2.29. The van der Waals surface area contributed by atoms with Crippen molar-refractivity contribution in [3.63, 3.8) is 0 Å². The van der Waals surface area contributed by atoms with Gasteiger partial charge in [0.25, 0.3) is 5.91 Å². The van der Waals surface area contributed by atoms with Gasteiger partial charge in [0.15, 0.2) is 0 Å². The first-order valence-corrected chi connectivity index (χ1v) is 8.11. The van der Waals surface area contributed by atoms with E-state index in [1.54, 1.807) is 30.5 Å². The molecular formula is C17H16N4O2S. The second-order valence-corrected chi connectivity index (χ2v) is 6.20. The van der Waals surface area contributed by atoms with Gasteiger partial charge in [-0.25, -0.2) is 10.4 Å². The molecule has 0 aliphatic rings. The topological polar surface area (TPSA) is 90.4 Å². The van der Waals surface area contributed by atoms with Crippen LogP contribution in [0.4, 0.5) is 0 Å². The number of carbonyl (C=O) groups is 1. The Morgan fingerprint density at radius 1 is 1.29 bits per heavy atom. The zero-order valence-corrected chi connectivity index (χ0v) is 14.0. The summed E-state index contributed by atoms with van der Waals surface area (Å²) in [5.74, 6) is -0.0719. The molecule has 122 valence electrons. The fraction of sp³-hybridized carbons (Fsp3) is 0.118. The van der Waals surface area contributed by atoms with Crippen molar-refractivity contribution < 1.29 is 9.90 Å². The lowest BCUT2D eigenvalue weighted by Gasteiger charge is -2.00. The normalized spacial score (nSPS) is 11.5. The van der Waals surface area contributed by atoms with E-state index in [2.05, 4.69) is 20.5 Å². The third-order valence-electron chi connectivity index (χ3n) is 3.41. The molecule has 6 nitrogen and oxygen atoms in total. The minimum absolute atomic E-state index is 0.219. The Labute approximate surface area is 142 Å². The Morgan fingerprint density at radius 3 is 2.71 bits per heavy atom. The number of phenols is 1. The number of aromatic hydroxyl groups is 1. The van der Waals surface area contributed by atoms with Crippen LogP contribution in [0.25, 0.3) is 10.6 Å². The molecule has 1 amide bonds. The summed E-state index contributed by atoms with van der Waals surface area (Å²) in [4.78, 5) is 20.2. The average Bonchev–Trinajstić information content (AvgIpc) is 3.23. The number of benzene rings is 1. The van der Waals surface area contributed by atoms with Gasteiger partial charge < -0.3 is 10.1 Å². The van der Waals surface area contributed by atoms with E-state index in [4.69, 9.17) is 0 Å². The molecule has 0 fully saturated rings. The van der Waals surface area contributed by atoms with Gasteiger partial charge in [0.05, 0.1) is 16.3 Å². The molecule has 0 spiro atoms. The Hall–Kier alpha value is -2.93. The van der Waals surface area contributed by atoms with Gasteiger partial charge in [-0.3, -0.25) is 4.79 Å². The summed E-state index contributed by atoms with van der Waals surface area (Å²) >= 11 is 1.49. The summed E-state index contributed by atoms with van der Waals surface area (Å²) < 4.78 is 0. The minimum Gasteiger partial charge on any atom is -0.508 e. The van der Waals surface area contributed by atoms with Crippen LogP contribution in [0.3, 0.4) is 0 Å². The SMILES string of the molecule is C/C(=N\NC(=O)c1ccc[nH]1)c1sc(-c2ccc(O)cc2)nc1C. The molecule has 0 bridgehead atoms.